The zero-order chi connectivity index (χ0) is 34.1. The van der Waals surface area contributed by atoms with E-state index in [0.29, 0.717) is 17.5 Å². The number of nitro groups is 1. The predicted octanol–water partition coefficient (Wildman–Crippen LogP) is 9.48. The molecule has 47 heavy (non-hydrogen) atoms. The van der Waals surface area contributed by atoms with Gasteiger partial charge in [0, 0.05) is 23.6 Å². The number of nitrogens with zero attached hydrogens (tertiary/aromatic N) is 4. The molecule has 2 amide bonds. The van der Waals surface area contributed by atoms with Gasteiger partial charge in [0.25, 0.3) is 5.69 Å². The predicted molar refractivity (Wildman–Crippen MR) is 163 cm³/mol. The highest BCUT2D eigenvalue weighted by Crippen LogP contribution is 2.42. The molecule has 0 spiro atoms. The quantitative estimate of drug-likeness (QED) is 0.0832. The molecule has 0 aliphatic carbocycles. The van der Waals surface area contributed by atoms with Crippen LogP contribution in [-0.2, 0) is 11.6 Å². The largest absolute Gasteiger partial charge is 0.573 e. The van der Waals surface area contributed by atoms with E-state index in [-0.39, 0.29) is 34.1 Å². The zero-order valence-electron chi connectivity index (χ0n) is 23.9. The van der Waals surface area contributed by atoms with Crippen molar-refractivity contribution in [1.29, 1.82) is 0 Å². The number of nitro benzene ring substituents is 1. The van der Waals surface area contributed by atoms with Gasteiger partial charge in [0.15, 0.2) is 0 Å². The van der Waals surface area contributed by atoms with Crippen molar-refractivity contribution in [3.63, 3.8) is 0 Å². The molecule has 0 fully saturated rings. The molecular weight excluding hydrogens is 674 g/mol. The zero-order valence-corrected chi connectivity index (χ0v) is 25.5. The number of amides is 2. The molecule has 4 aromatic rings. The molecule has 1 unspecified atom stereocenters. The molecule has 0 saturated carbocycles. The van der Waals surface area contributed by atoms with E-state index in [1.165, 1.54) is 30.3 Å². The van der Waals surface area contributed by atoms with Crippen molar-refractivity contribution in [3.05, 3.63) is 129 Å². The van der Waals surface area contributed by atoms with Crippen molar-refractivity contribution in [3.8, 4) is 5.75 Å². The van der Waals surface area contributed by atoms with Gasteiger partial charge in [0.05, 0.1) is 38.9 Å². The first-order valence-corrected chi connectivity index (χ1v) is 14.6. The number of anilines is 1. The molecule has 1 aliphatic rings. The van der Waals surface area contributed by atoms with Crippen LogP contribution in [0.2, 0.25) is 5.02 Å². The number of hydrazone groups is 1. The smallest absolute Gasteiger partial charge is 0.406 e. The van der Waals surface area contributed by atoms with Crippen LogP contribution in [0.4, 0.5) is 42.5 Å². The molecule has 244 valence electrons. The van der Waals surface area contributed by atoms with Gasteiger partial charge in [-0.15, -0.1) is 13.2 Å². The summed E-state index contributed by atoms with van der Waals surface area (Å²) in [7, 11) is 0. The standard InChI is InChI=1S/C31H21ClF6N4O4S/c1-29(20-7-3-2-4-8-20)18-40(39-27(29)19-11-16-23(24(32)17-19)30(33,34)35)28(43)41(47-26-10-6-5-9-25(26)42(44)45)21-12-14-22(15-13-21)46-31(36,37)38/h2-17H,18H2,1H3. The minimum absolute atomic E-state index is 0.0234. The van der Waals surface area contributed by atoms with Crippen LogP contribution < -0.4 is 9.04 Å². The molecule has 0 saturated heterocycles. The molecule has 0 aromatic heterocycles. The average molecular weight is 695 g/mol. The van der Waals surface area contributed by atoms with Crippen molar-refractivity contribution >= 4 is 46.7 Å². The van der Waals surface area contributed by atoms with Crippen molar-refractivity contribution in [2.24, 2.45) is 5.10 Å². The number of hydrogen-bond acceptors (Lipinski definition) is 6. The summed E-state index contributed by atoms with van der Waals surface area (Å²) in [6, 6.07) is 20.8. The summed E-state index contributed by atoms with van der Waals surface area (Å²) in [4.78, 5) is 25.4. The molecular formula is C31H21ClF6N4O4S. The van der Waals surface area contributed by atoms with Gasteiger partial charge >= 0.3 is 18.6 Å². The lowest BCUT2D eigenvalue weighted by atomic mass is 9.76. The van der Waals surface area contributed by atoms with E-state index in [2.05, 4.69) is 9.84 Å². The molecule has 1 aliphatic heterocycles. The van der Waals surface area contributed by atoms with Gasteiger partial charge < -0.3 is 4.74 Å². The van der Waals surface area contributed by atoms with Gasteiger partial charge in [-0.25, -0.2) is 14.1 Å². The number of carbonyl (C=O) groups excluding carboxylic acids is 1. The number of urea groups is 1. The first-order chi connectivity index (χ1) is 22.1. The summed E-state index contributed by atoms with van der Waals surface area (Å²) in [5.41, 5.74) is -1.38. The summed E-state index contributed by atoms with van der Waals surface area (Å²) in [5.74, 6) is -0.568. The van der Waals surface area contributed by atoms with Crippen LogP contribution in [0.3, 0.4) is 0 Å². The molecule has 1 heterocycles. The number of alkyl halides is 6. The maximum Gasteiger partial charge on any atom is 0.573 e. The molecule has 4 aromatic carbocycles. The van der Waals surface area contributed by atoms with Gasteiger partial charge in [-0.05, 0) is 55.0 Å². The Morgan fingerprint density at radius 2 is 1.62 bits per heavy atom. The van der Waals surface area contributed by atoms with Crippen LogP contribution in [0.15, 0.2) is 107 Å². The van der Waals surface area contributed by atoms with Gasteiger partial charge in [-0.1, -0.05) is 60.1 Å². The Morgan fingerprint density at radius 3 is 2.21 bits per heavy atom. The van der Waals surface area contributed by atoms with Gasteiger partial charge in [0.1, 0.15) is 10.6 Å². The van der Waals surface area contributed by atoms with Gasteiger partial charge in [-0.3, -0.25) is 10.1 Å². The molecule has 0 N–H and O–H groups in total. The fraction of sp³-hybridized carbons (Fsp3) is 0.161. The highest BCUT2D eigenvalue weighted by Gasteiger charge is 2.45. The third-order valence-corrected chi connectivity index (χ3v) is 8.52. The molecule has 5 rings (SSSR count). The highest BCUT2D eigenvalue weighted by molar-refractivity contribution is 8.01. The number of hydrogen-bond donors (Lipinski definition) is 0. The van der Waals surface area contributed by atoms with Crippen LogP contribution in [-0.4, -0.2) is 34.6 Å². The van der Waals surface area contributed by atoms with Crippen LogP contribution in [0.25, 0.3) is 0 Å². The van der Waals surface area contributed by atoms with Crippen molar-refractivity contribution in [2.45, 2.75) is 29.8 Å². The number of carbonyl (C=O) groups is 1. The maximum atomic E-state index is 14.3. The summed E-state index contributed by atoms with van der Waals surface area (Å²) in [5, 5.41) is 16.7. The van der Waals surface area contributed by atoms with Crippen LogP contribution in [0, 0.1) is 10.1 Å². The van der Waals surface area contributed by atoms with E-state index >= 15 is 0 Å². The SMILES string of the molecule is CC1(c2ccccc2)CN(C(=O)N(Sc2ccccc2[N+](=O)[O-])c2ccc(OC(F)(F)F)cc2)N=C1c1ccc(C(F)(F)F)c(Cl)c1. The number of ether oxygens (including phenoxy) is 1. The summed E-state index contributed by atoms with van der Waals surface area (Å²) >= 11 is 6.67. The Morgan fingerprint density at radius 1 is 0.979 bits per heavy atom. The minimum atomic E-state index is -4.97. The molecule has 16 heteroatoms. The van der Waals surface area contributed by atoms with Gasteiger partial charge in [0.2, 0.25) is 0 Å². The average Bonchev–Trinajstić information content (AvgIpc) is 3.37. The maximum absolute atomic E-state index is 14.3. The highest BCUT2D eigenvalue weighted by atomic mass is 35.5. The third-order valence-electron chi connectivity index (χ3n) is 7.12. The Balaban J connectivity index is 1.60. The second-order valence-corrected chi connectivity index (χ2v) is 11.7. The Kier molecular flexibility index (Phi) is 9.15. The van der Waals surface area contributed by atoms with Crippen LogP contribution >= 0.6 is 23.5 Å². The summed E-state index contributed by atoms with van der Waals surface area (Å²) < 4.78 is 83.8. The first kappa shape index (κ1) is 33.6. The Bertz CT molecular complexity index is 1840. The Hall–Kier alpha value is -4.76. The van der Waals surface area contributed by atoms with E-state index < -0.39 is 45.2 Å². The summed E-state index contributed by atoms with van der Waals surface area (Å²) in [6.07, 6.45) is -9.68. The number of halogens is 7. The van der Waals surface area contributed by atoms with E-state index in [9.17, 15) is 41.3 Å². The van der Waals surface area contributed by atoms with E-state index in [0.717, 1.165) is 45.7 Å². The molecule has 8 nitrogen and oxygen atoms in total. The second-order valence-electron chi connectivity index (χ2n) is 10.3. The lowest BCUT2D eigenvalue weighted by Gasteiger charge is -2.29. The third kappa shape index (κ3) is 7.30. The first-order valence-electron chi connectivity index (χ1n) is 13.5. The van der Waals surface area contributed by atoms with Crippen LogP contribution in [0.5, 0.6) is 5.75 Å². The van der Waals surface area contributed by atoms with Crippen molar-refractivity contribution < 1.29 is 40.8 Å². The number of rotatable bonds is 7. The topological polar surface area (TPSA) is 88.3 Å². The molecule has 0 radical (unpaired) electrons. The fourth-order valence-electron chi connectivity index (χ4n) is 4.93. The van der Waals surface area contributed by atoms with E-state index in [1.807, 2.05) is 0 Å². The van der Waals surface area contributed by atoms with Gasteiger partial charge in [-0.2, -0.15) is 18.3 Å². The van der Waals surface area contributed by atoms with E-state index in [4.69, 9.17) is 11.6 Å². The van der Waals surface area contributed by atoms with Crippen LogP contribution in [0.1, 0.15) is 23.6 Å². The number of para-hydroxylation sites is 1. The monoisotopic (exact) mass is 694 g/mol. The molecule has 0 bridgehead atoms. The van der Waals surface area contributed by atoms with E-state index in [1.54, 1.807) is 37.3 Å². The summed E-state index contributed by atoms with van der Waals surface area (Å²) in [6.45, 7) is 1.61. The number of benzene rings is 4. The lowest BCUT2D eigenvalue weighted by Crippen LogP contribution is -2.41. The minimum Gasteiger partial charge on any atom is -0.406 e. The Labute approximate surface area is 272 Å². The lowest BCUT2D eigenvalue weighted by molar-refractivity contribution is -0.387. The van der Waals surface area contributed by atoms with Crippen molar-refractivity contribution in [1.82, 2.24) is 5.01 Å². The fourth-order valence-corrected chi connectivity index (χ4v) is 6.19. The normalized spacial score (nSPS) is 16.5. The second kappa shape index (κ2) is 12.8. The molecule has 1 atom stereocenters. The van der Waals surface area contributed by atoms with Crippen molar-refractivity contribution in [2.75, 3.05) is 10.8 Å².